The minimum Gasteiger partial charge on any atom is -0.449 e. The predicted octanol–water partition coefficient (Wildman–Crippen LogP) is 5.99. The molecule has 1 saturated heterocycles. The predicted molar refractivity (Wildman–Crippen MR) is 157 cm³/mol. The van der Waals surface area contributed by atoms with Crippen LogP contribution >= 0.6 is 6.49 Å². The fourth-order valence-corrected chi connectivity index (χ4v) is 6.82. The summed E-state index contributed by atoms with van der Waals surface area (Å²) in [6.45, 7) is 1.09. The average Bonchev–Trinajstić information content (AvgIpc) is 2.94. The summed E-state index contributed by atoms with van der Waals surface area (Å²) in [6, 6.07) is 29.1. The molecule has 214 valence electrons. The molecule has 1 heterocycles. The van der Waals surface area contributed by atoms with Crippen molar-refractivity contribution in [3.63, 3.8) is 0 Å². The highest BCUT2D eigenvalue weighted by molar-refractivity contribution is 8.09. The van der Waals surface area contributed by atoms with Gasteiger partial charge in [-0.05, 0) is 34.4 Å². The fourth-order valence-electron chi connectivity index (χ4n) is 4.43. The van der Waals surface area contributed by atoms with Crippen LogP contribution < -0.4 is 0 Å². The minimum atomic E-state index is -3.67. The standard InChI is InChI=1S/C31H37O7PS/c1-23(2)18-28(32)37-31-30(36-21-26-16-10-5-11-17-26)29(35-20-25-14-8-4-9-15-25)27(38-39(31,33)40)22-34-19-24-12-6-3-7-13-24/h3-17,23,27,29-31H,18-22H2,1-2H3,(H,33,40)/t27-,29-,30+,31+,39?/m1/s1. The molecule has 0 aliphatic carbocycles. The number of hydrogen-bond donors (Lipinski definition) is 1. The second-order valence-corrected chi connectivity index (χ2v) is 13.6. The number of rotatable bonds is 13. The molecule has 7 nitrogen and oxygen atoms in total. The van der Waals surface area contributed by atoms with E-state index in [9.17, 15) is 9.69 Å². The van der Waals surface area contributed by atoms with Crippen LogP contribution in [0.4, 0.5) is 0 Å². The van der Waals surface area contributed by atoms with Gasteiger partial charge in [0.2, 0.25) is 12.3 Å². The number of benzene rings is 3. The Labute approximate surface area is 241 Å². The van der Waals surface area contributed by atoms with E-state index in [-0.39, 0.29) is 32.2 Å². The molecule has 1 aliphatic heterocycles. The summed E-state index contributed by atoms with van der Waals surface area (Å²) in [5, 5.41) is 0. The van der Waals surface area contributed by atoms with Gasteiger partial charge in [0.1, 0.15) is 18.3 Å². The summed E-state index contributed by atoms with van der Waals surface area (Å²) < 4.78 is 30.7. The maximum atomic E-state index is 12.8. The fraction of sp³-hybridized carbons (Fsp3) is 0.387. The number of esters is 1. The molecule has 3 aromatic carbocycles. The molecule has 40 heavy (non-hydrogen) atoms. The summed E-state index contributed by atoms with van der Waals surface area (Å²) in [5.74, 6) is -1.59. The number of carbonyl (C=O) groups excluding carboxylic acids is 1. The van der Waals surface area contributed by atoms with Crippen molar-refractivity contribution in [3.8, 4) is 0 Å². The van der Waals surface area contributed by atoms with Gasteiger partial charge in [0.25, 0.3) is 0 Å². The maximum Gasteiger partial charge on any atom is 0.306 e. The summed E-state index contributed by atoms with van der Waals surface area (Å²) in [6.07, 6.45) is -2.19. The van der Waals surface area contributed by atoms with Crippen LogP contribution in [-0.4, -0.2) is 41.6 Å². The Morgan fingerprint density at radius 3 is 1.80 bits per heavy atom. The Morgan fingerprint density at radius 1 is 0.825 bits per heavy atom. The zero-order chi connectivity index (χ0) is 28.4. The van der Waals surface area contributed by atoms with E-state index in [2.05, 4.69) is 0 Å². The number of hydrogen-bond acceptors (Lipinski definition) is 7. The van der Waals surface area contributed by atoms with Crippen LogP contribution in [0, 0.1) is 5.92 Å². The van der Waals surface area contributed by atoms with E-state index in [0.29, 0.717) is 6.61 Å². The lowest BCUT2D eigenvalue weighted by Gasteiger charge is -2.45. The third-order valence-electron chi connectivity index (χ3n) is 6.37. The average molecular weight is 585 g/mol. The van der Waals surface area contributed by atoms with Crippen molar-refractivity contribution in [3.05, 3.63) is 108 Å². The van der Waals surface area contributed by atoms with Gasteiger partial charge in [-0.25, -0.2) is 0 Å². The molecule has 3 aromatic rings. The van der Waals surface area contributed by atoms with Crippen LogP contribution in [0.15, 0.2) is 91.0 Å². The van der Waals surface area contributed by atoms with E-state index >= 15 is 0 Å². The summed E-state index contributed by atoms with van der Waals surface area (Å²) in [5.41, 5.74) is 2.88. The molecule has 4 rings (SSSR count). The Balaban J connectivity index is 1.60. The van der Waals surface area contributed by atoms with Crippen LogP contribution in [0.2, 0.25) is 0 Å². The van der Waals surface area contributed by atoms with Gasteiger partial charge in [0.05, 0.1) is 26.4 Å². The lowest BCUT2D eigenvalue weighted by Crippen LogP contribution is -2.55. The first-order valence-corrected chi connectivity index (χ1v) is 16.2. The second kappa shape index (κ2) is 15.0. The first-order valence-electron chi connectivity index (χ1n) is 13.4. The van der Waals surface area contributed by atoms with Crippen LogP contribution in [0.1, 0.15) is 37.0 Å². The van der Waals surface area contributed by atoms with Crippen molar-refractivity contribution in [2.45, 2.75) is 64.2 Å². The minimum absolute atomic E-state index is 0.0708. The Kier molecular flexibility index (Phi) is 11.4. The lowest BCUT2D eigenvalue weighted by atomic mass is 10.1. The molecule has 0 bridgehead atoms. The van der Waals surface area contributed by atoms with Gasteiger partial charge >= 0.3 is 5.97 Å². The molecule has 0 spiro atoms. The quantitative estimate of drug-likeness (QED) is 0.194. The van der Waals surface area contributed by atoms with Gasteiger partial charge in [-0.2, -0.15) is 0 Å². The summed E-state index contributed by atoms with van der Waals surface area (Å²) in [7, 11) is 0. The largest absolute Gasteiger partial charge is 0.449 e. The van der Waals surface area contributed by atoms with Gasteiger partial charge < -0.3 is 28.4 Å². The summed E-state index contributed by atoms with van der Waals surface area (Å²) in [4.78, 5) is 24.2. The van der Waals surface area contributed by atoms with E-state index in [1.807, 2.05) is 105 Å². The van der Waals surface area contributed by atoms with Crippen molar-refractivity contribution >= 4 is 24.3 Å². The van der Waals surface area contributed by atoms with E-state index in [1.54, 1.807) is 0 Å². The molecule has 1 aliphatic rings. The van der Waals surface area contributed by atoms with Gasteiger partial charge in [-0.1, -0.05) is 105 Å². The molecule has 0 saturated carbocycles. The molecule has 0 radical (unpaired) electrons. The normalized spacial score (nSPS) is 24.6. The topological polar surface area (TPSA) is 83.5 Å². The van der Waals surface area contributed by atoms with Crippen LogP contribution in [0.3, 0.4) is 0 Å². The second-order valence-electron chi connectivity index (χ2n) is 10.2. The van der Waals surface area contributed by atoms with Gasteiger partial charge in [0, 0.05) is 6.42 Å². The van der Waals surface area contributed by atoms with E-state index in [1.165, 1.54) is 0 Å². The molecule has 5 atom stereocenters. The molecular weight excluding hydrogens is 547 g/mol. The Bertz CT molecular complexity index is 1230. The Hall–Kier alpha value is -2.42. The zero-order valence-electron chi connectivity index (χ0n) is 22.8. The monoisotopic (exact) mass is 584 g/mol. The van der Waals surface area contributed by atoms with Crippen LogP contribution in [0.25, 0.3) is 0 Å². The van der Waals surface area contributed by atoms with Crippen molar-refractivity contribution in [2.75, 3.05) is 6.61 Å². The number of ether oxygens (including phenoxy) is 4. The highest BCUT2D eigenvalue weighted by atomic mass is 32.5. The van der Waals surface area contributed by atoms with Crippen LogP contribution in [0.5, 0.6) is 0 Å². The van der Waals surface area contributed by atoms with E-state index in [4.69, 9.17) is 35.3 Å². The molecule has 0 aromatic heterocycles. The first kappa shape index (κ1) is 30.5. The van der Waals surface area contributed by atoms with E-state index in [0.717, 1.165) is 16.7 Å². The SMILES string of the molecule is CC(C)CC(=O)O[C@@H]1[C@@H](OCc2ccccc2)[C@H](OCc2ccccc2)[C@@H](COCc2ccccc2)OP1(O)=S. The number of carbonyl (C=O) groups is 1. The van der Waals surface area contributed by atoms with E-state index < -0.39 is 36.6 Å². The molecule has 0 amide bonds. The van der Waals surface area contributed by atoms with Crippen molar-refractivity contribution in [2.24, 2.45) is 5.92 Å². The first-order chi connectivity index (χ1) is 19.3. The summed E-state index contributed by atoms with van der Waals surface area (Å²) >= 11 is 5.58. The molecular formula is C31H37O7PS. The lowest BCUT2D eigenvalue weighted by molar-refractivity contribution is -0.191. The van der Waals surface area contributed by atoms with Gasteiger partial charge in [-0.15, -0.1) is 0 Å². The molecule has 1 N–H and O–H groups in total. The van der Waals surface area contributed by atoms with Crippen molar-refractivity contribution in [1.82, 2.24) is 0 Å². The molecule has 9 heteroatoms. The highest BCUT2D eigenvalue weighted by Crippen LogP contribution is 2.56. The van der Waals surface area contributed by atoms with Crippen molar-refractivity contribution in [1.29, 1.82) is 0 Å². The Morgan fingerprint density at radius 2 is 1.30 bits per heavy atom. The maximum absolute atomic E-state index is 12.8. The zero-order valence-corrected chi connectivity index (χ0v) is 24.5. The van der Waals surface area contributed by atoms with Crippen LogP contribution in [-0.2, 0) is 59.9 Å². The molecule has 1 unspecified atom stereocenters. The molecule has 1 fully saturated rings. The highest BCUT2D eigenvalue weighted by Gasteiger charge is 2.53. The smallest absolute Gasteiger partial charge is 0.306 e. The van der Waals surface area contributed by atoms with Gasteiger partial charge in [0.15, 0.2) is 0 Å². The van der Waals surface area contributed by atoms with Crippen molar-refractivity contribution < 1.29 is 33.2 Å². The third kappa shape index (κ3) is 9.05. The van der Waals surface area contributed by atoms with Gasteiger partial charge in [-0.3, -0.25) is 4.79 Å². The third-order valence-corrected chi connectivity index (χ3v) is 8.87.